The van der Waals surface area contributed by atoms with E-state index in [4.69, 9.17) is 14.2 Å². The first-order valence-electron chi connectivity index (χ1n) is 9.08. The number of carbonyl (C=O) groups is 2. The Labute approximate surface area is 163 Å². The molecule has 1 aromatic rings. The summed E-state index contributed by atoms with van der Waals surface area (Å²) in [6.07, 6.45) is 4.69. The average Bonchev–Trinajstić information content (AvgIpc) is 3.20. The second-order valence-corrected chi connectivity index (χ2v) is 6.01. The summed E-state index contributed by atoms with van der Waals surface area (Å²) in [6, 6.07) is 2.30. The van der Waals surface area contributed by atoms with Crippen LogP contribution < -0.4 is 9.47 Å². The van der Waals surface area contributed by atoms with Crippen molar-refractivity contribution >= 4 is 17.6 Å². The fraction of sp³-hybridized carbons (Fsp3) is 0.474. The quantitative estimate of drug-likeness (QED) is 0.361. The van der Waals surface area contributed by atoms with Crippen LogP contribution in [0.4, 0.5) is 5.69 Å². The number of likely N-dealkylation sites (N-methyl/N-ethyl adjacent to an activating group) is 1. The maximum Gasteiger partial charge on any atom is 0.345 e. The molecular weight excluding hydrogens is 368 g/mol. The van der Waals surface area contributed by atoms with E-state index >= 15 is 0 Å². The number of methoxy groups -OCH3 is 1. The van der Waals surface area contributed by atoms with Crippen LogP contribution in [0.3, 0.4) is 0 Å². The van der Waals surface area contributed by atoms with Gasteiger partial charge in [-0.05, 0) is 33.1 Å². The second kappa shape index (κ2) is 9.72. The number of ether oxygens (including phenoxy) is 3. The standard InChI is InChI=1S/C19H24N2O7/c1-4-20(13-8-6-7-9-13)18(22)12-28-19(23)14-10-17(27-5-2)16(26-3)11-15(14)21(24)25/h8,10-11H,4-7,9,12H2,1-3H3. The lowest BCUT2D eigenvalue weighted by molar-refractivity contribution is -0.385. The van der Waals surface area contributed by atoms with Crippen molar-refractivity contribution in [3.63, 3.8) is 0 Å². The Morgan fingerprint density at radius 3 is 2.54 bits per heavy atom. The predicted octanol–water partition coefficient (Wildman–Crippen LogP) is 3.08. The molecule has 0 saturated heterocycles. The highest BCUT2D eigenvalue weighted by Gasteiger charge is 2.27. The molecular formula is C19H24N2O7. The molecule has 0 heterocycles. The minimum atomic E-state index is -0.972. The van der Waals surface area contributed by atoms with E-state index in [-0.39, 0.29) is 29.6 Å². The van der Waals surface area contributed by atoms with E-state index in [1.54, 1.807) is 11.8 Å². The van der Waals surface area contributed by atoms with Gasteiger partial charge in [-0.25, -0.2) is 4.79 Å². The third-order valence-electron chi connectivity index (χ3n) is 4.31. The maximum absolute atomic E-state index is 12.5. The SMILES string of the molecule is CCOc1cc(C(=O)OCC(=O)N(CC)C2=CCCC2)c([N+](=O)[O-])cc1OC. The number of hydrogen-bond acceptors (Lipinski definition) is 7. The van der Waals surface area contributed by atoms with Crippen LogP contribution >= 0.6 is 0 Å². The Kier molecular flexibility index (Phi) is 7.36. The molecule has 1 aliphatic rings. The molecule has 1 aromatic carbocycles. The van der Waals surface area contributed by atoms with Crippen LogP contribution in [0.2, 0.25) is 0 Å². The minimum absolute atomic E-state index is 0.131. The molecule has 0 aromatic heterocycles. The summed E-state index contributed by atoms with van der Waals surface area (Å²) in [7, 11) is 1.34. The Morgan fingerprint density at radius 1 is 1.25 bits per heavy atom. The summed E-state index contributed by atoms with van der Waals surface area (Å²) in [5.74, 6) is -1.03. The third kappa shape index (κ3) is 4.79. The van der Waals surface area contributed by atoms with Crippen molar-refractivity contribution in [3.05, 3.63) is 39.6 Å². The topological polar surface area (TPSA) is 108 Å². The molecule has 0 fully saturated rings. The normalized spacial score (nSPS) is 12.9. The highest BCUT2D eigenvalue weighted by Crippen LogP contribution is 2.35. The number of nitro groups is 1. The minimum Gasteiger partial charge on any atom is -0.493 e. The van der Waals surface area contributed by atoms with E-state index in [1.807, 2.05) is 13.0 Å². The Balaban J connectivity index is 2.19. The van der Waals surface area contributed by atoms with Gasteiger partial charge in [0.2, 0.25) is 0 Å². The lowest BCUT2D eigenvalue weighted by Crippen LogP contribution is -2.33. The average molecular weight is 392 g/mol. The molecule has 2 rings (SSSR count). The molecule has 0 bridgehead atoms. The largest absolute Gasteiger partial charge is 0.493 e. The number of hydrogen-bond donors (Lipinski definition) is 0. The van der Waals surface area contributed by atoms with Crippen LogP contribution in [-0.4, -0.2) is 48.6 Å². The lowest BCUT2D eigenvalue weighted by Gasteiger charge is -2.22. The maximum atomic E-state index is 12.5. The summed E-state index contributed by atoms with van der Waals surface area (Å²) in [5, 5.41) is 11.3. The first-order chi connectivity index (χ1) is 13.4. The van der Waals surface area contributed by atoms with Gasteiger partial charge in [0.25, 0.3) is 11.6 Å². The zero-order valence-electron chi connectivity index (χ0n) is 16.2. The molecule has 0 unspecified atom stereocenters. The summed E-state index contributed by atoms with van der Waals surface area (Å²) in [5.41, 5.74) is 0.131. The zero-order valence-corrected chi connectivity index (χ0v) is 16.2. The van der Waals surface area contributed by atoms with Gasteiger partial charge in [-0.3, -0.25) is 14.9 Å². The van der Waals surface area contributed by atoms with Gasteiger partial charge in [-0.1, -0.05) is 6.08 Å². The van der Waals surface area contributed by atoms with Gasteiger partial charge in [0, 0.05) is 18.3 Å². The molecule has 0 aliphatic heterocycles. The summed E-state index contributed by atoms with van der Waals surface area (Å²) in [4.78, 5) is 37.1. The lowest BCUT2D eigenvalue weighted by atomic mass is 10.1. The fourth-order valence-electron chi connectivity index (χ4n) is 3.01. The molecule has 9 nitrogen and oxygen atoms in total. The van der Waals surface area contributed by atoms with Crippen LogP contribution in [0.25, 0.3) is 0 Å². The molecule has 0 atom stereocenters. The molecule has 0 N–H and O–H groups in total. The van der Waals surface area contributed by atoms with E-state index in [1.165, 1.54) is 13.2 Å². The van der Waals surface area contributed by atoms with Crippen molar-refractivity contribution < 1.29 is 28.7 Å². The van der Waals surface area contributed by atoms with Crippen molar-refractivity contribution in [2.75, 3.05) is 26.9 Å². The van der Waals surface area contributed by atoms with Crippen LogP contribution in [0, 0.1) is 10.1 Å². The van der Waals surface area contributed by atoms with Crippen molar-refractivity contribution in [1.29, 1.82) is 0 Å². The van der Waals surface area contributed by atoms with E-state index in [0.717, 1.165) is 31.0 Å². The summed E-state index contributed by atoms with van der Waals surface area (Å²) < 4.78 is 15.5. The van der Waals surface area contributed by atoms with Gasteiger partial charge in [-0.15, -0.1) is 0 Å². The molecule has 1 amide bonds. The molecule has 0 spiro atoms. The second-order valence-electron chi connectivity index (χ2n) is 6.01. The summed E-state index contributed by atoms with van der Waals surface area (Å²) >= 11 is 0. The smallest absolute Gasteiger partial charge is 0.345 e. The van der Waals surface area contributed by atoms with Gasteiger partial charge >= 0.3 is 5.97 Å². The highest BCUT2D eigenvalue weighted by molar-refractivity contribution is 5.96. The zero-order chi connectivity index (χ0) is 20.7. The molecule has 1 aliphatic carbocycles. The van der Waals surface area contributed by atoms with Crippen LogP contribution in [-0.2, 0) is 9.53 Å². The van der Waals surface area contributed by atoms with Crippen molar-refractivity contribution in [2.45, 2.75) is 33.1 Å². The fourth-order valence-corrected chi connectivity index (χ4v) is 3.01. The number of carbonyl (C=O) groups excluding carboxylic acids is 2. The molecule has 28 heavy (non-hydrogen) atoms. The van der Waals surface area contributed by atoms with Gasteiger partial charge in [0.05, 0.1) is 24.7 Å². The van der Waals surface area contributed by atoms with Crippen molar-refractivity contribution in [2.24, 2.45) is 0 Å². The Morgan fingerprint density at radius 2 is 2.00 bits per heavy atom. The molecule has 0 saturated carbocycles. The monoisotopic (exact) mass is 392 g/mol. The number of rotatable bonds is 9. The van der Waals surface area contributed by atoms with Crippen molar-refractivity contribution in [1.82, 2.24) is 4.90 Å². The van der Waals surface area contributed by atoms with Gasteiger partial charge in [0.1, 0.15) is 5.56 Å². The number of amides is 1. The number of esters is 1. The van der Waals surface area contributed by atoms with E-state index in [9.17, 15) is 19.7 Å². The van der Waals surface area contributed by atoms with E-state index in [0.29, 0.717) is 6.54 Å². The first kappa shape index (κ1) is 21.2. The van der Waals surface area contributed by atoms with Crippen LogP contribution in [0.15, 0.2) is 23.9 Å². The molecule has 0 radical (unpaired) electrons. The number of nitrogens with zero attached hydrogens (tertiary/aromatic N) is 2. The van der Waals surface area contributed by atoms with E-state index in [2.05, 4.69) is 0 Å². The first-order valence-corrected chi connectivity index (χ1v) is 9.08. The number of nitro benzene ring substituents is 1. The Hall–Kier alpha value is -3.10. The van der Waals surface area contributed by atoms with Crippen LogP contribution in [0.1, 0.15) is 43.5 Å². The number of allylic oxidation sites excluding steroid dienone is 2. The highest BCUT2D eigenvalue weighted by atomic mass is 16.6. The number of benzene rings is 1. The van der Waals surface area contributed by atoms with Crippen molar-refractivity contribution in [3.8, 4) is 11.5 Å². The van der Waals surface area contributed by atoms with Crippen LogP contribution in [0.5, 0.6) is 11.5 Å². The summed E-state index contributed by atoms with van der Waals surface area (Å²) in [6.45, 7) is 3.80. The van der Waals surface area contributed by atoms with Gasteiger partial charge < -0.3 is 19.1 Å². The third-order valence-corrected chi connectivity index (χ3v) is 4.31. The van der Waals surface area contributed by atoms with Gasteiger partial charge in [-0.2, -0.15) is 0 Å². The van der Waals surface area contributed by atoms with Gasteiger partial charge in [0.15, 0.2) is 18.1 Å². The Bertz CT molecular complexity index is 789. The predicted molar refractivity (Wildman–Crippen MR) is 100 cm³/mol. The van der Waals surface area contributed by atoms with E-state index < -0.39 is 23.2 Å². The molecule has 9 heteroatoms. The molecule has 152 valence electrons.